The number of rotatable bonds is 2. The molecule has 0 unspecified atom stereocenters. The zero-order chi connectivity index (χ0) is 6.83. The van der Waals surface area contributed by atoms with Gasteiger partial charge in [0.2, 0.25) is 0 Å². The van der Waals surface area contributed by atoms with Gasteiger partial charge in [-0.05, 0) is 6.42 Å². The molecule has 0 aliphatic heterocycles. The average Bonchev–Trinajstić information content (AvgIpc) is 1.71. The molecule has 0 bridgehead atoms. The van der Waals surface area contributed by atoms with Gasteiger partial charge >= 0.3 is 25.7 Å². The number of allylic oxidation sites excluding steroid dienone is 1. The molecule has 3 heteroatoms. The van der Waals surface area contributed by atoms with E-state index in [1.54, 1.807) is 0 Å². The van der Waals surface area contributed by atoms with Gasteiger partial charge in [-0.15, -0.1) is 6.58 Å². The van der Waals surface area contributed by atoms with Crippen LogP contribution in [-0.2, 0) is 25.7 Å². The van der Waals surface area contributed by atoms with Gasteiger partial charge in [-0.25, -0.2) is 0 Å². The summed E-state index contributed by atoms with van der Waals surface area (Å²) in [7, 11) is 0. The molecule has 0 aromatic rings. The van der Waals surface area contributed by atoms with E-state index in [0.29, 0.717) is 0 Å². The van der Waals surface area contributed by atoms with E-state index in [2.05, 4.69) is 13.5 Å². The van der Waals surface area contributed by atoms with Gasteiger partial charge in [0.25, 0.3) is 0 Å². The van der Waals surface area contributed by atoms with Crippen molar-refractivity contribution in [1.82, 2.24) is 0 Å². The molecule has 2 nitrogen and oxygen atoms in total. The molecule has 0 fully saturated rings. The SMILES string of the molecule is C=CCCC.[O]=[Ti]=[O]. The van der Waals surface area contributed by atoms with Gasteiger partial charge in [-0.2, -0.15) is 0 Å². The molecule has 0 saturated carbocycles. The van der Waals surface area contributed by atoms with Crippen LogP contribution in [0.15, 0.2) is 12.7 Å². The van der Waals surface area contributed by atoms with E-state index in [4.69, 9.17) is 6.65 Å². The van der Waals surface area contributed by atoms with Gasteiger partial charge in [-0.3, -0.25) is 0 Å². The standard InChI is InChI=1S/C5H10.2O.Ti/c1-3-5-4-2;;;/h3H,1,4-5H2,2H3;;;. The van der Waals surface area contributed by atoms with Crippen molar-refractivity contribution in [2.24, 2.45) is 0 Å². The Kier molecular flexibility index (Phi) is 21.5. The molecular formula is C5H10O2Ti. The summed E-state index contributed by atoms with van der Waals surface area (Å²) in [5.41, 5.74) is 0. The summed E-state index contributed by atoms with van der Waals surface area (Å²) in [6.45, 7) is 5.69. The molecule has 8 heavy (non-hydrogen) atoms. The van der Waals surface area contributed by atoms with E-state index < -0.39 is 19.1 Å². The van der Waals surface area contributed by atoms with Gasteiger partial charge in [0.15, 0.2) is 0 Å². The first-order valence-electron chi connectivity index (χ1n) is 2.43. The first-order chi connectivity index (χ1) is 3.83. The van der Waals surface area contributed by atoms with E-state index in [9.17, 15) is 0 Å². The summed E-state index contributed by atoms with van der Waals surface area (Å²) in [4.78, 5) is 0. The van der Waals surface area contributed by atoms with Crippen LogP contribution in [0.2, 0.25) is 0 Å². The Morgan fingerprint density at radius 3 is 2.00 bits per heavy atom. The second kappa shape index (κ2) is 15.7. The van der Waals surface area contributed by atoms with Crippen molar-refractivity contribution in [2.75, 3.05) is 0 Å². The molecular weight excluding hydrogens is 140 g/mol. The topological polar surface area (TPSA) is 34.1 Å². The number of hydrogen-bond donors (Lipinski definition) is 0. The Balaban J connectivity index is 0. The van der Waals surface area contributed by atoms with Crippen molar-refractivity contribution in [3.8, 4) is 0 Å². The van der Waals surface area contributed by atoms with Crippen molar-refractivity contribution in [2.45, 2.75) is 19.8 Å². The fraction of sp³-hybridized carbons (Fsp3) is 0.600. The summed E-state index contributed by atoms with van der Waals surface area (Å²) in [5.74, 6) is 0. The Labute approximate surface area is 58.5 Å². The monoisotopic (exact) mass is 150 g/mol. The van der Waals surface area contributed by atoms with Crippen LogP contribution >= 0.6 is 0 Å². The predicted molar refractivity (Wildman–Crippen MR) is 26.5 cm³/mol. The van der Waals surface area contributed by atoms with Gasteiger partial charge in [0.1, 0.15) is 0 Å². The van der Waals surface area contributed by atoms with Gasteiger partial charge in [-0.1, -0.05) is 19.4 Å². The fourth-order valence-electron chi connectivity index (χ4n) is 0.204. The van der Waals surface area contributed by atoms with Gasteiger partial charge < -0.3 is 0 Å². The van der Waals surface area contributed by atoms with Crippen LogP contribution in [0.25, 0.3) is 0 Å². The quantitative estimate of drug-likeness (QED) is 0.443. The zero-order valence-electron chi connectivity index (χ0n) is 5.02. The Hall–Kier alpha value is 0.0543. The van der Waals surface area contributed by atoms with Crippen molar-refractivity contribution in [3.63, 3.8) is 0 Å². The van der Waals surface area contributed by atoms with Crippen molar-refractivity contribution in [1.29, 1.82) is 0 Å². The molecule has 0 saturated heterocycles. The summed E-state index contributed by atoms with van der Waals surface area (Å²) in [6, 6.07) is 0. The first kappa shape index (κ1) is 10.9. The maximum atomic E-state index is 8.50. The molecule has 0 aromatic heterocycles. The number of hydrogen-bond acceptors (Lipinski definition) is 2. The first-order valence-corrected chi connectivity index (χ1v) is 3.71. The average molecular weight is 150 g/mol. The minimum atomic E-state index is -2.00. The number of unbranched alkanes of at least 4 members (excludes halogenated alkanes) is 1. The summed E-state index contributed by atoms with van der Waals surface area (Å²) >= 11 is -2.00. The summed E-state index contributed by atoms with van der Waals surface area (Å²) < 4.78 is 17.0. The molecule has 46 valence electrons. The second-order valence-electron chi connectivity index (χ2n) is 1.16. The van der Waals surface area contributed by atoms with Crippen LogP contribution in [0.1, 0.15) is 19.8 Å². The fourth-order valence-corrected chi connectivity index (χ4v) is 0.204. The predicted octanol–water partition coefficient (Wildman–Crippen LogP) is 1.73. The third-order valence-electron chi connectivity index (χ3n) is 0.493. The van der Waals surface area contributed by atoms with Gasteiger partial charge in [0.05, 0.1) is 0 Å². The van der Waals surface area contributed by atoms with Crippen LogP contribution in [0.3, 0.4) is 0 Å². The molecule has 0 radical (unpaired) electrons. The normalized spacial score (nSPS) is 5.62. The van der Waals surface area contributed by atoms with E-state index in [1.807, 2.05) is 6.08 Å². The van der Waals surface area contributed by atoms with Crippen molar-refractivity contribution in [3.05, 3.63) is 12.7 Å². The van der Waals surface area contributed by atoms with Crippen LogP contribution in [0, 0.1) is 0 Å². The molecule has 0 N–H and O–H groups in total. The molecule has 0 aliphatic rings. The van der Waals surface area contributed by atoms with Gasteiger partial charge in [0, 0.05) is 0 Å². The maximum absolute atomic E-state index is 8.50. The van der Waals surface area contributed by atoms with Crippen LogP contribution in [0.5, 0.6) is 0 Å². The molecule has 0 spiro atoms. The van der Waals surface area contributed by atoms with Crippen molar-refractivity contribution < 1.29 is 25.7 Å². The van der Waals surface area contributed by atoms with Crippen LogP contribution < -0.4 is 0 Å². The molecule has 0 atom stereocenters. The second-order valence-corrected chi connectivity index (χ2v) is 1.42. The third kappa shape index (κ3) is 36.6. The Bertz CT molecular complexity index is 74.5. The summed E-state index contributed by atoms with van der Waals surface area (Å²) in [5, 5.41) is 0. The van der Waals surface area contributed by atoms with E-state index in [-0.39, 0.29) is 0 Å². The summed E-state index contributed by atoms with van der Waals surface area (Å²) in [6.07, 6.45) is 4.31. The molecule has 0 aliphatic carbocycles. The van der Waals surface area contributed by atoms with Crippen molar-refractivity contribution >= 4 is 0 Å². The zero-order valence-corrected chi connectivity index (χ0v) is 6.58. The Morgan fingerprint density at radius 2 is 2.00 bits per heavy atom. The van der Waals surface area contributed by atoms with Crippen LogP contribution in [-0.4, -0.2) is 0 Å². The molecule has 0 aromatic carbocycles. The van der Waals surface area contributed by atoms with E-state index >= 15 is 0 Å². The van der Waals surface area contributed by atoms with E-state index in [1.165, 1.54) is 6.42 Å². The molecule has 0 amide bonds. The minimum absolute atomic E-state index is 1.15. The third-order valence-corrected chi connectivity index (χ3v) is 0.493. The van der Waals surface area contributed by atoms with E-state index in [0.717, 1.165) is 6.42 Å². The van der Waals surface area contributed by atoms with Crippen LogP contribution in [0.4, 0.5) is 0 Å². The Morgan fingerprint density at radius 1 is 1.62 bits per heavy atom. The molecule has 0 rings (SSSR count). The molecule has 0 heterocycles.